The van der Waals surface area contributed by atoms with Gasteiger partial charge in [-0.25, -0.2) is 0 Å². The zero-order chi connectivity index (χ0) is 44.3. The summed E-state index contributed by atoms with van der Waals surface area (Å²) in [5, 5.41) is 4.99. The Bertz CT molecular complexity index is 3750. The summed E-state index contributed by atoms with van der Waals surface area (Å²) in [6.07, 6.45) is 0. The molecule has 0 N–H and O–H groups in total. The second-order valence-corrected chi connectivity index (χ2v) is 19.4. The lowest BCUT2D eigenvalue weighted by molar-refractivity contribution is 0.660. The molecule has 0 radical (unpaired) electrons. The van der Waals surface area contributed by atoms with E-state index in [-0.39, 0.29) is 10.8 Å². The zero-order valence-corrected chi connectivity index (χ0v) is 37.7. The zero-order valence-electron chi connectivity index (χ0n) is 37.7. The van der Waals surface area contributed by atoms with Gasteiger partial charge < -0.3 is 9.47 Å². The summed E-state index contributed by atoms with van der Waals surface area (Å²) < 4.78 is 2.41. The number of aromatic nitrogens is 1. The first-order chi connectivity index (χ1) is 32.2. The molecule has 13 rings (SSSR count). The molecule has 0 bridgehead atoms. The number of benzene rings is 10. The molecule has 2 aliphatic rings. The van der Waals surface area contributed by atoms with Gasteiger partial charge in [0.25, 0.3) is 0 Å². The fraction of sp³-hybridized carbons (Fsp3) is 0.0938. The second kappa shape index (κ2) is 14.3. The van der Waals surface area contributed by atoms with Crippen LogP contribution in [0, 0.1) is 0 Å². The third-order valence-electron chi connectivity index (χ3n) is 15.0. The van der Waals surface area contributed by atoms with Crippen molar-refractivity contribution in [2.45, 2.75) is 38.5 Å². The van der Waals surface area contributed by atoms with Gasteiger partial charge in [0.1, 0.15) is 0 Å². The molecule has 0 saturated carbocycles. The molecule has 314 valence electrons. The lowest BCUT2D eigenvalue weighted by Gasteiger charge is -2.30. The van der Waals surface area contributed by atoms with Crippen LogP contribution in [0.1, 0.15) is 49.9 Å². The third kappa shape index (κ3) is 5.74. The first-order valence-electron chi connectivity index (χ1n) is 23.2. The molecule has 1 heterocycles. The van der Waals surface area contributed by atoms with Crippen LogP contribution in [0.3, 0.4) is 0 Å². The lowest BCUT2D eigenvalue weighted by Crippen LogP contribution is -2.18. The summed E-state index contributed by atoms with van der Waals surface area (Å²) >= 11 is 0. The highest BCUT2D eigenvalue weighted by Crippen LogP contribution is 2.54. The van der Waals surface area contributed by atoms with E-state index in [0.29, 0.717) is 0 Å². The Hall–Kier alpha value is -7.94. The van der Waals surface area contributed by atoms with E-state index in [0.717, 1.165) is 17.1 Å². The van der Waals surface area contributed by atoms with Gasteiger partial charge in [-0.05, 0) is 150 Å². The molecule has 0 unspecified atom stereocenters. The van der Waals surface area contributed by atoms with E-state index in [1.807, 2.05) is 0 Å². The number of hydrogen-bond donors (Lipinski definition) is 0. The van der Waals surface area contributed by atoms with Gasteiger partial charge in [-0.2, -0.15) is 0 Å². The van der Waals surface area contributed by atoms with Crippen LogP contribution >= 0.6 is 0 Å². The van der Waals surface area contributed by atoms with E-state index in [1.54, 1.807) is 0 Å². The minimum absolute atomic E-state index is 0.104. The number of fused-ring (bicyclic) bond motifs is 10. The van der Waals surface area contributed by atoms with Gasteiger partial charge in [0, 0.05) is 44.4 Å². The van der Waals surface area contributed by atoms with Crippen molar-refractivity contribution in [3.8, 4) is 50.2 Å². The van der Waals surface area contributed by atoms with Gasteiger partial charge in [-0.15, -0.1) is 0 Å². The molecule has 1 aromatic heterocycles. The molecule has 0 saturated heterocycles. The standard InChI is InChI=1S/C64H48N2/c1-63(2)57-20-12-10-18-51(57)53-33-30-49(39-59(53)63)65(48-29-24-42-16-8-9-17-44(42)36-48)50-31-34-54-52-32-25-46(38-58(52)64(3,4)60(54)40-50)45-26-35-62-56(37-45)55-19-11-13-21-61(55)66(62)47-27-22-43(23-28-47)41-14-6-5-7-15-41/h5-40H,1-4H3. The maximum absolute atomic E-state index is 2.47. The summed E-state index contributed by atoms with van der Waals surface area (Å²) in [6.45, 7) is 9.54. The van der Waals surface area contributed by atoms with Crippen LogP contribution < -0.4 is 4.90 Å². The highest BCUT2D eigenvalue weighted by molar-refractivity contribution is 6.10. The fourth-order valence-electron chi connectivity index (χ4n) is 11.5. The van der Waals surface area contributed by atoms with Gasteiger partial charge in [-0.1, -0.05) is 173 Å². The summed E-state index contributed by atoms with van der Waals surface area (Å²) in [6, 6.07) is 81.3. The molecular formula is C64H48N2. The van der Waals surface area contributed by atoms with Crippen molar-refractivity contribution in [3.05, 3.63) is 241 Å². The lowest BCUT2D eigenvalue weighted by atomic mass is 9.81. The van der Waals surface area contributed by atoms with Crippen LogP contribution in [-0.4, -0.2) is 4.57 Å². The van der Waals surface area contributed by atoms with E-state index in [9.17, 15) is 0 Å². The molecule has 10 aromatic carbocycles. The first kappa shape index (κ1) is 38.5. The van der Waals surface area contributed by atoms with Gasteiger partial charge in [0.05, 0.1) is 11.0 Å². The van der Waals surface area contributed by atoms with Crippen LogP contribution in [0.2, 0.25) is 0 Å². The van der Waals surface area contributed by atoms with E-state index in [4.69, 9.17) is 0 Å². The van der Waals surface area contributed by atoms with E-state index in [1.165, 1.54) is 105 Å². The van der Waals surface area contributed by atoms with Crippen LogP contribution in [-0.2, 0) is 10.8 Å². The third-order valence-corrected chi connectivity index (χ3v) is 15.0. The van der Waals surface area contributed by atoms with Crippen molar-refractivity contribution in [1.82, 2.24) is 4.57 Å². The summed E-state index contributed by atoms with van der Waals surface area (Å²) in [4.78, 5) is 2.47. The van der Waals surface area contributed by atoms with E-state index >= 15 is 0 Å². The molecule has 66 heavy (non-hydrogen) atoms. The number of para-hydroxylation sites is 1. The van der Waals surface area contributed by atoms with Gasteiger partial charge in [-0.3, -0.25) is 0 Å². The average molecular weight is 845 g/mol. The Morgan fingerprint density at radius 3 is 1.58 bits per heavy atom. The smallest absolute Gasteiger partial charge is 0.0541 e. The van der Waals surface area contributed by atoms with Crippen molar-refractivity contribution in [1.29, 1.82) is 0 Å². The van der Waals surface area contributed by atoms with Gasteiger partial charge in [0.15, 0.2) is 0 Å². The van der Waals surface area contributed by atoms with Crippen molar-refractivity contribution in [2.75, 3.05) is 4.90 Å². The maximum Gasteiger partial charge on any atom is 0.0541 e. The minimum Gasteiger partial charge on any atom is -0.310 e. The number of anilines is 3. The van der Waals surface area contributed by atoms with Crippen molar-refractivity contribution in [3.63, 3.8) is 0 Å². The van der Waals surface area contributed by atoms with Gasteiger partial charge in [0.2, 0.25) is 0 Å². The Labute approximate surface area is 386 Å². The molecule has 0 aliphatic heterocycles. The maximum atomic E-state index is 2.47. The molecule has 0 spiro atoms. The molecular weight excluding hydrogens is 797 g/mol. The Morgan fingerprint density at radius 2 is 0.818 bits per heavy atom. The highest BCUT2D eigenvalue weighted by Gasteiger charge is 2.38. The minimum atomic E-state index is -0.223. The number of rotatable bonds is 6. The van der Waals surface area contributed by atoms with Gasteiger partial charge >= 0.3 is 0 Å². The molecule has 2 aliphatic carbocycles. The fourth-order valence-corrected chi connectivity index (χ4v) is 11.5. The summed E-state index contributed by atoms with van der Waals surface area (Å²) in [5.41, 5.74) is 22.4. The van der Waals surface area contributed by atoms with Crippen molar-refractivity contribution in [2.24, 2.45) is 0 Å². The van der Waals surface area contributed by atoms with Crippen molar-refractivity contribution >= 4 is 49.6 Å². The van der Waals surface area contributed by atoms with E-state index in [2.05, 4.69) is 256 Å². The highest BCUT2D eigenvalue weighted by atomic mass is 15.1. The normalized spacial score (nSPS) is 14.0. The first-order valence-corrected chi connectivity index (χ1v) is 23.2. The molecule has 2 nitrogen and oxygen atoms in total. The van der Waals surface area contributed by atoms with Crippen LogP contribution in [0.25, 0.3) is 82.8 Å². The molecule has 0 amide bonds. The molecule has 11 aromatic rings. The number of hydrogen-bond acceptors (Lipinski definition) is 1. The SMILES string of the molecule is CC1(C)c2ccccc2-c2ccc(N(c3ccc4c(c3)C(C)(C)c3cc(-c5ccc6c(c5)c5ccccc5n6-c5ccc(-c6ccccc6)cc5)ccc3-4)c3ccc4ccccc4c3)cc21. The average Bonchev–Trinajstić information content (AvgIpc) is 3.90. The molecule has 0 atom stereocenters. The summed E-state index contributed by atoms with van der Waals surface area (Å²) in [5.74, 6) is 0. The quantitative estimate of drug-likeness (QED) is 0.162. The van der Waals surface area contributed by atoms with Crippen LogP contribution in [0.15, 0.2) is 218 Å². The number of nitrogens with zero attached hydrogens (tertiary/aromatic N) is 2. The van der Waals surface area contributed by atoms with Crippen molar-refractivity contribution < 1.29 is 0 Å². The summed E-state index contributed by atoms with van der Waals surface area (Å²) in [7, 11) is 0. The topological polar surface area (TPSA) is 8.17 Å². The predicted molar refractivity (Wildman–Crippen MR) is 279 cm³/mol. The Morgan fingerprint density at radius 1 is 0.318 bits per heavy atom. The molecule has 0 fully saturated rings. The Balaban J connectivity index is 0.892. The Kier molecular flexibility index (Phi) is 8.33. The molecule has 2 heteroatoms. The van der Waals surface area contributed by atoms with E-state index < -0.39 is 0 Å². The van der Waals surface area contributed by atoms with Crippen LogP contribution in [0.5, 0.6) is 0 Å². The largest absolute Gasteiger partial charge is 0.310 e. The second-order valence-electron chi connectivity index (χ2n) is 19.4. The predicted octanol–water partition coefficient (Wildman–Crippen LogP) is 17.4. The monoisotopic (exact) mass is 844 g/mol. The van der Waals surface area contributed by atoms with Crippen LogP contribution in [0.4, 0.5) is 17.1 Å².